The summed E-state index contributed by atoms with van der Waals surface area (Å²) in [5, 5.41) is 11.5. The van der Waals surface area contributed by atoms with Crippen molar-refractivity contribution in [1.82, 2.24) is 5.32 Å². The van der Waals surface area contributed by atoms with Gasteiger partial charge in [-0.2, -0.15) is 5.26 Å². The molecule has 0 atom stereocenters. The smallest absolute Gasteiger partial charge is 0.255 e. The second-order valence-corrected chi connectivity index (χ2v) is 3.45. The number of nitrogens with one attached hydrogen (secondary N) is 1. The van der Waals surface area contributed by atoms with Crippen LogP contribution in [0.15, 0.2) is 18.2 Å². The standard InChI is InChI=1S/C11H11ClN2O2/c1-16-10-7-8(12)3-4-9(10)11(15)14-6-2-5-13/h3-4,7H,2,6H2,1H3,(H,14,15). The molecule has 0 unspecified atom stereocenters. The number of ether oxygens (including phenoxy) is 1. The van der Waals surface area contributed by atoms with Crippen molar-refractivity contribution in [2.75, 3.05) is 13.7 Å². The highest BCUT2D eigenvalue weighted by Gasteiger charge is 2.11. The number of hydrogen-bond donors (Lipinski definition) is 1. The molecule has 84 valence electrons. The van der Waals surface area contributed by atoms with E-state index in [2.05, 4.69) is 5.32 Å². The van der Waals surface area contributed by atoms with E-state index in [1.165, 1.54) is 7.11 Å². The third-order valence-electron chi connectivity index (χ3n) is 1.93. The fraction of sp³-hybridized carbons (Fsp3) is 0.273. The van der Waals surface area contributed by atoms with Gasteiger partial charge >= 0.3 is 0 Å². The maximum atomic E-state index is 11.7. The highest BCUT2D eigenvalue weighted by molar-refractivity contribution is 6.30. The molecule has 0 saturated carbocycles. The summed E-state index contributed by atoms with van der Waals surface area (Å²) in [6, 6.07) is 6.72. The summed E-state index contributed by atoms with van der Waals surface area (Å²) in [6.45, 7) is 0.321. The molecule has 0 heterocycles. The topological polar surface area (TPSA) is 62.1 Å². The number of nitriles is 1. The summed E-state index contributed by atoms with van der Waals surface area (Å²) in [7, 11) is 1.47. The minimum Gasteiger partial charge on any atom is -0.496 e. The molecule has 0 aromatic heterocycles. The predicted octanol–water partition coefficient (Wildman–Crippen LogP) is 1.99. The minimum atomic E-state index is -0.274. The summed E-state index contributed by atoms with van der Waals surface area (Å²) in [6.07, 6.45) is 0.279. The van der Waals surface area contributed by atoms with E-state index in [0.717, 1.165) is 0 Å². The number of rotatable bonds is 4. The molecular weight excluding hydrogens is 228 g/mol. The first kappa shape index (κ1) is 12.3. The Morgan fingerprint density at radius 1 is 1.62 bits per heavy atom. The van der Waals surface area contributed by atoms with Gasteiger partial charge in [-0.15, -0.1) is 0 Å². The van der Waals surface area contributed by atoms with Crippen LogP contribution in [0.2, 0.25) is 5.02 Å². The average Bonchev–Trinajstić information content (AvgIpc) is 2.29. The summed E-state index contributed by atoms with van der Waals surface area (Å²) < 4.78 is 5.04. The third-order valence-corrected chi connectivity index (χ3v) is 2.17. The Kier molecular flexibility index (Phi) is 4.62. The molecule has 16 heavy (non-hydrogen) atoms. The van der Waals surface area contributed by atoms with Crippen molar-refractivity contribution in [1.29, 1.82) is 5.26 Å². The lowest BCUT2D eigenvalue weighted by Crippen LogP contribution is -2.24. The first-order valence-electron chi connectivity index (χ1n) is 4.67. The largest absolute Gasteiger partial charge is 0.496 e. The average molecular weight is 239 g/mol. The van der Waals surface area contributed by atoms with E-state index >= 15 is 0 Å². The zero-order valence-corrected chi connectivity index (χ0v) is 9.54. The Balaban J connectivity index is 2.79. The Labute approximate surface area is 98.8 Å². The summed E-state index contributed by atoms with van der Waals surface area (Å²) in [5.74, 6) is 0.144. The predicted molar refractivity (Wildman–Crippen MR) is 60.6 cm³/mol. The van der Waals surface area contributed by atoms with Crippen LogP contribution in [0.25, 0.3) is 0 Å². The molecule has 1 amide bonds. The van der Waals surface area contributed by atoms with E-state index in [0.29, 0.717) is 22.9 Å². The van der Waals surface area contributed by atoms with Crippen molar-refractivity contribution in [2.45, 2.75) is 6.42 Å². The lowest BCUT2D eigenvalue weighted by molar-refractivity contribution is 0.0951. The maximum Gasteiger partial charge on any atom is 0.255 e. The Morgan fingerprint density at radius 3 is 3.00 bits per heavy atom. The molecule has 4 nitrogen and oxygen atoms in total. The zero-order valence-electron chi connectivity index (χ0n) is 8.79. The molecule has 5 heteroatoms. The van der Waals surface area contributed by atoms with Crippen molar-refractivity contribution in [3.8, 4) is 11.8 Å². The molecule has 0 aliphatic rings. The number of nitrogens with zero attached hydrogens (tertiary/aromatic N) is 1. The molecule has 1 rings (SSSR count). The number of methoxy groups -OCH3 is 1. The Morgan fingerprint density at radius 2 is 2.38 bits per heavy atom. The summed E-state index contributed by atoms with van der Waals surface area (Å²) in [5.41, 5.74) is 0.407. The van der Waals surface area contributed by atoms with Crippen LogP contribution in [-0.2, 0) is 0 Å². The van der Waals surface area contributed by atoms with E-state index < -0.39 is 0 Å². The molecule has 0 saturated heterocycles. The first-order valence-corrected chi connectivity index (χ1v) is 5.05. The van der Waals surface area contributed by atoms with Gasteiger partial charge in [-0.1, -0.05) is 11.6 Å². The van der Waals surface area contributed by atoms with Crippen LogP contribution in [0.1, 0.15) is 16.8 Å². The fourth-order valence-corrected chi connectivity index (χ4v) is 1.34. The highest BCUT2D eigenvalue weighted by atomic mass is 35.5. The number of benzene rings is 1. The normalized spacial score (nSPS) is 9.31. The number of hydrogen-bond acceptors (Lipinski definition) is 3. The SMILES string of the molecule is COc1cc(Cl)ccc1C(=O)NCCC#N. The summed E-state index contributed by atoms with van der Waals surface area (Å²) >= 11 is 5.77. The molecule has 0 bridgehead atoms. The molecule has 0 aliphatic heterocycles. The number of amides is 1. The molecule has 0 radical (unpaired) electrons. The van der Waals surface area contributed by atoms with Crippen LogP contribution in [0.4, 0.5) is 0 Å². The molecule has 1 N–H and O–H groups in total. The van der Waals surface area contributed by atoms with Gasteiger partial charge in [0.15, 0.2) is 0 Å². The van der Waals surface area contributed by atoms with Gasteiger partial charge in [0.1, 0.15) is 5.75 Å². The van der Waals surface area contributed by atoms with Crippen molar-refractivity contribution in [2.24, 2.45) is 0 Å². The van der Waals surface area contributed by atoms with Gasteiger partial charge in [0.25, 0.3) is 5.91 Å². The molecular formula is C11H11ClN2O2. The van der Waals surface area contributed by atoms with Crippen LogP contribution in [-0.4, -0.2) is 19.6 Å². The lowest BCUT2D eigenvalue weighted by atomic mass is 10.2. The van der Waals surface area contributed by atoms with Crippen LogP contribution >= 0.6 is 11.6 Å². The van der Waals surface area contributed by atoms with Crippen LogP contribution in [0, 0.1) is 11.3 Å². The van der Waals surface area contributed by atoms with E-state index in [-0.39, 0.29) is 12.3 Å². The highest BCUT2D eigenvalue weighted by Crippen LogP contribution is 2.22. The number of carbonyl (C=O) groups excluding carboxylic acids is 1. The van der Waals surface area contributed by atoms with Crippen molar-refractivity contribution in [3.05, 3.63) is 28.8 Å². The fourth-order valence-electron chi connectivity index (χ4n) is 1.18. The minimum absolute atomic E-state index is 0.274. The summed E-state index contributed by atoms with van der Waals surface area (Å²) in [4.78, 5) is 11.7. The molecule has 0 fully saturated rings. The number of halogens is 1. The Bertz CT molecular complexity index is 426. The van der Waals surface area contributed by atoms with Crippen molar-refractivity contribution >= 4 is 17.5 Å². The van der Waals surface area contributed by atoms with E-state index in [4.69, 9.17) is 21.6 Å². The zero-order chi connectivity index (χ0) is 12.0. The van der Waals surface area contributed by atoms with Gasteiger partial charge < -0.3 is 10.1 Å². The van der Waals surface area contributed by atoms with E-state index in [1.54, 1.807) is 18.2 Å². The molecule has 1 aromatic rings. The Hall–Kier alpha value is -1.73. The second-order valence-electron chi connectivity index (χ2n) is 3.01. The van der Waals surface area contributed by atoms with Gasteiger partial charge in [-0.3, -0.25) is 4.79 Å². The van der Waals surface area contributed by atoms with Crippen LogP contribution in [0.3, 0.4) is 0 Å². The third kappa shape index (κ3) is 3.14. The van der Waals surface area contributed by atoms with Gasteiger partial charge in [0, 0.05) is 11.6 Å². The van der Waals surface area contributed by atoms with Gasteiger partial charge in [-0.05, 0) is 18.2 Å². The monoisotopic (exact) mass is 238 g/mol. The first-order chi connectivity index (χ1) is 7.69. The quantitative estimate of drug-likeness (QED) is 0.816. The maximum absolute atomic E-state index is 11.7. The van der Waals surface area contributed by atoms with Gasteiger partial charge in [0.05, 0.1) is 25.2 Å². The molecule has 0 spiro atoms. The molecule has 0 aliphatic carbocycles. The van der Waals surface area contributed by atoms with Crippen LogP contribution < -0.4 is 10.1 Å². The number of carbonyl (C=O) groups is 1. The van der Waals surface area contributed by atoms with Crippen molar-refractivity contribution < 1.29 is 9.53 Å². The van der Waals surface area contributed by atoms with E-state index in [1.807, 2.05) is 6.07 Å². The molecule has 1 aromatic carbocycles. The second kappa shape index (κ2) is 5.99. The van der Waals surface area contributed by atoms with Gasteiger partial charge in [0.2, 0.25) is 0 Å². The lowest BCUT2D eigenvalue weighted by Gasteiger charge is -2.08. The van der Waals surface area contributed by atoms with Gasteiger partial charge in [-0.25, -0.2) is 0 Å². The van der Waals surface area contributed by atoms with Crippen LogP contribution in [0.5, 0.6) is 5.75 Å². The van der Waals surface area contributed by atoms with Crippen molar-refractivity contribution in [3.63, 3.8) is 0 Å². The van der Waals surface area contributed by atoms with E-state index in [9.17, 15) is 4.79 Å².